The summed E-state index contributed by atoms with van der Waals surface area (Å²) in [5.41, 5.74) is 1.64. The quantitative estimate of drug-likeness (QED) is 0.843. The first kappa shape index (κ1) is 13.7. The Morgan fingerprint density at radius 3 is 2.63 bits per heavy atom. The van der Waals surface area contributed by atoms with Gasteiger partial charge in [0.15, 0.2) is 0 Å². The minimum absolute atomic E-state index is 0.0209. The van der Waals surface area contributed by atoms with Gasteiger partial charge in [-0.2, -0.15) is 0 Å². The molecule has 0 fully saturated rings. The summed E-state index contributed by atoms with van der Waals surface area (Å²) in [6, 6.07) is 10.0. The van der Waals surface area contributed by atoms with Crippen LogP contribution in [-0.2, 0) is 0 Å². The van der Waals surface area contributed by atoms with Crippen molar-refractivity contribution in [1.29, 1.82) is 0 Å². The molecule has 102 valence electrons. The zero-order valence-electron chi connectivity index (χ0n) is 11.9. The third kappa shape index (κ3) is 3.60. The molecule has 3 heteroatoms. The van der Waals surface area contributed by atoms with Gasteiger partial charge < -0.3 is 10.3 Å². The highest BCUT2D eigenvalue weighted by Gasteiger charge is 2.12. The van der Waals surface area contributed by atoms with E-state index in [1.165, 1.54) is 0 Å². The van der Waals surface area contributed by atoms with Crippen LogP contribution in [0.5, 0.6) is 0 Å². The van der Waals surface area contributed by atoms with Gasteiger partial charge in [0.2, 0.25) is 0 Å². The molecule has 0 aliphatic rings. The Morgan fingerprint density at radius 2 is 1.95 bits per heavy atom. The van der Waals surface area contributed by atoms with Crippen molar-refractivity contribution in [1.82, 2.24) is 10.3 Å². The lowest BCUT2D eigenvalue weighted by atomic mass is 10.0. The van der Waals surface area contributed by atoms with Crippen LogP contribution in [0.25, 0.3) is 10.9 Å². The van der Waals surface area contributed by atoms with Gasteiger partial charge in [-0.3, -0.25) is 4.79 Å². The molecule has 1 heterocycles. The number of hydrogen-bond acceptors (Lipinski definition) is 1. The number of H-pyrrole nitrogens is 1. The first-order valence-electron chi connectivity index (χ1n) is 6.95. The SMILES string of the molecule is CC(C)CCC(C)NC(=O)c1cc2ccccc2[nH]1. The topological polar surface area (TPSA) is 44.9 Å². The molecule has 0 saturated carbocycles. The van der Waals surface area contributed by atoms with Crippen LogP contribution in [0.1, 0.15) is 44.1 Å². The molecule has 0 saturated heterocycles. The predicted octanol–water partition coefficient (Wildman–Crippen LogP) is 3.72. The number of aromatic amines is 1. The van der Waals surface area contributed by atoms with Crippen LogP contribution in [0.15, 0.2) is 30.3 Å². The molecule has 0 spiro atoms. The zero-order chi connectivity index (χ0) is 13.8. The number of carbonyl (C=O) groups is 1. The molecule has 1 aromatic heterocycles. The van der Waals surface area contributed by atoms with E-state index in [0.717, 1.165) is 23.7 Å². The third-order valence-electron chi connectivity index (χ3n) is 3.33. The van der Waals surface area contributed by atoms with Crippen molar-refractivity contribution < 1.29 is 4.79 Å². The normalized spacial score (nSPS) is 12.8. The molecule has 2 N–H and O–H groups in total. The Bertz CT molecular complexity index is 524. The van der Waals surface area contributed by atoms with Crippen molar-refractivity contribution in [2.45, 2.75) is 39.7 Å². The van der Waals surface area contributed by atoms with E-state index in [9.17, 15) is 4.79 Å². The van der Waals surface area contributed by atoms with Crippen LogP contribution >= 0.6 is 0 Å². The minimum Gasteiger partial charge on any atom is -0.351 e. The Hall–Kier alpha value is -1.77. The zero-order valence-corrected chi connectivity index (χ0v) is 11.9. The average Bonchev–Trinajstić information content (AvgIpc) is 2.80. The highest BCUT2D eigenvalue weighted by molar-refractivity contribution is 5.98. The number of para-hydroxylation sites is 1. The number of benzene rings is 1. The molecule has 1 atom stereocenters. The van der Waals surface area contributed by atoms with Crippen molar-refractivity contribution in [3.8, 4) is 0 Å². The molecule has 2 aromatic rings. The number of rotatable bonds is 5. The lowest BCUT2D eigenvalue weighted by molar-refractivity contribution is 0.0933. The average molecular weight is 258 g/mol. The summed E-state index contributed by atoms with van der Waals surface area (Å²) in [5.74, 6) is 0.653. The van der Waals surface area contributed by atoms with Gasteiger partial charge >= 0.3 is 0 Å². The van der Waals surface area contributed by atoms with Gasteiger partial charge in [-0.1, -0.05) is 32.0 Å². The van der Waals surface area contributed by atoms with Crippen LogP contribution < -0.4 is 5.32 Å². The monoisotopic (exact) mass is 258 g/mol. The van der Waals surface area contributed by atoms with Crippen molar-refractivity contribution >= 4 is 16.8 Å². The largest absolute Gasteiger partial charge is 0.351 e. The molecular weight excluding hydrogens is 236 g/mol. The maximum Gasteiger partial charge on any atom is 0.267 e. The van der Waals surface area contributed by atoms with Gasteiger partial charge in [0.1, 0.15) is 5.69 Å². The molecule has 3 nitrogen and oxygen atoms in total. The smallest absolute Gasteiger partial charge is 0.267 e. The lowest BCUT2D eigenvalue weighted by Crippen LogP contribution is -2.32. The number of amides is 1. The van der Waals surface area contributed by atoms with Crippen LogP contribution in [0.3, 0.4) is 0 Å². The van der Waals surface area contributed by atoms with Gasteiger partial charge in [-0.25, -0.2) is 0 Å². The van der Waals surface area contributed by atoms with Crippen molar-refractivity contribution in [2.24, 2.45) is 5.92 Å². The van der Waals surface area contributed by atoms with Crippen molar-refractivity contribution in [3.63, 3.8) is 0 Å². The summed E-state index contributed by atoms with van der Waals surface area (Å²) in [4.78, 5) is 15.3. The van der Waals surface area contributed by atoms with Gasteiger partial charge in [-0.05, 0) is 37.8 Å². The Labute approximate surface area is 114 Å². The summed E-state index contributed by atoms with van der Waals surface area (Å²) in [6.45, 7) is 6.46. The van der Waals surface area contributed by atoms with E-state index in [0.29, 0.717) is 11.6 Å². The molecule has 1 amide bonds. The second-order valence-corrected chi connectivity index (χ2v) is 5.62. The van der Waals surface area contributed by atoms with E-state index in [-0.39, 0.29) is 11.9 Å². The number of hydrogen-bond donors (Lipinski definition) is 2. The van der Waals surface area contributed by atoms with E-state index in [4.69, 9.17) is 0 Å². The molecular formula is C16H22N2O. The van der Waals surface area contributed by atoms with Crippen molar-refractivity contribution in [3.05, 3.63) is 36.0 Å². The first-order valence-corrected chi connectivity index (χ1v) is 6.95. The fourth-order valence-corrected chi connectivity index (χ4v) is 2.15. The minimum atomic E-state index is -0.0209. The fraction of sp³-hybridized carbons (Fsp3) is 0.438. The van der Waals surface area contributed by atoms with Crippen molar-refractivity contribution in [2.75, 3.05) is 0 Å². The van der Waals surface area contributed by atoms with E-state index in [2.05, 4.69) is 31.1 Å². The van der Waals surface area contributed by atoms with E-state index in [1.54, 1.807) is 0 Å². The summed E-state index contributed by atoms with van der Waals surface area (Å²) in [5, 5.41) is 4.11. The van der Waals surface area contributed by atoms with E-state index < -0.39 is 0 Å². The molecule has 2 rings (SSSR count). The second-order valence-electron chi connectivity index (χ2n) is 5.62. The van der Waals surface area contributed by atoms with Crippen LogP contribution in [0.2, 0.25) is 0 Å². The number of fused-ring (bicyclic) bond motifs is 1. The predicted molar refractivity (Wildman–Crippen MR) is 79.3 cm³/mol. The Kier molecular flexibility index (Phi) is 4.25. The molecule has 1 unspecified atom stereocenters. The summed E-state index contributed by atoms with van der Waals surface area (Å²) < 4.78 is 0. The molecule has 0 bridgehead atoms. The maximum atomic E-state index is 12.1. The Morgan fingerprint density at radius 1 is 1.21 bits per heavy atom. The highest BCUT2D eigenvalue weighted by atomic mass is 16.1. The molecule has 19 heavy (non-hydrogen) atoms. The second kappa shape index (κ2) is 5.91. The van der Waals surface area contributed by atoms with Gasteiger partial charge in [0.05, 0.1) is 0 Å². The van der Waals surface area contributed by atoms with Gasteiger partial charge in [0, 0.05) is 16.9 Å². The number of nitrogens with one attached hydrogen (secondary N) is 2. The molecule has 0 aliphatic carbocycles. The van der Waals surface area contributed by atoms with E-state index >= 15 is 0 Å². The number of aromatic nitrogens is 1. The van der Waals surface area contributed by atoms with Gasteiger partial charge in [-0.15, -0.1) is 0 Å². The van der Waals surface area contributed by atoms with Crippen LogP contribution in [-0.4, -0.2) is 16.9 Å². The lowest BCUT2D eigenvalue weighted by Gasteiger charge is -2.14. The number of carbonyl (C=O) groups excluding carboxylic acids is 1. The molecule has 1 aromatic carbocycles. The molecule has 0 radical (unpaired) electrons. The summed E-state index contributed by atoms with van der Waals surface area (Å²) >= 11 is 0. The van der Waals surface area contributed by atoms with Crippen LogP contribution in [0, 0.1) is 5.92 Å². The van der Waals surface area contributed by atoms with Crippen LogP contribution in [0.4, 0.5) is 0 Å². The summed E-state index contributed by atoms with van der Waals surface area (Å²) in [6.07, 6.45) is 2.15. The molecule has 0 aliphatic heterocycles. The first-order chi connectivity index (χ1) is 9.06. The third-order valence-corrected chi connectivity index (χ3v) is 3.33. The maximum absolute atomic E-state index is 12.1. The fourth-order valence-electron chi connectivity index (χ4n) is 2.15. The highest BCUT2D eigenvalue weighted by Crippen LogP contribution is 2.15. The van der Waals surface area contributed by atoms with Gasteiger partial charge in [0.25, 0.3) is 5.91 Å². The standard InChI is InChI=1S/C16H22N2O/c1-11(2)8-9-12(3)17-16(19)15-10-13-6-4-5-7-14(13)18-15/h4-7,10-12,18H,8-9H2,1-3H3,(H,17,19). The summed E-state index contributed by atoms with van der Waals surface area (Å²) in [7, 11) is 0. The van der Waals surface area contributed by atoms with E-state index in [1.807, 2.05) is 30.3 Å². The Balaban J connectivity index is 1.99.